The van der Waals surface area contributed by atoms with Gasteiger partial charge in [0.05, 0.1) is 6.20 Å². The lowest BCUT2D eigenvalue weighted by Gasteiger charge is -1.80. The Labute approximate surface area is 42.6 Å². The van der Waals surface area contributed by atoms with Gasteiger partial charge in [0.15, 0.2) is 0 Å². The van der Waals surface area contributed by atoms with Gasteiger partial charge in [-0.1, -0.05) is 6.92 Å². The second-order valence-electron chi connectivity index (χ2n) is 1.11. The molecule has 0 fully saturated rings. The third kappa shape index (κ3) is 3.16. The molecular formula is C5H8FN. The van der Waals surface area contributed by atoms with Crippen LogP contribution in [0.25, 0.3) is 0 Å². The van der Waals surface area contributed by atoms with Gasteiger partial charge in [-0.05, 0) is 13.1 Å². The van der Waals surface area contributed by atoms with Gasteiger partial charge in [0.25, 0.3) is 0 Å². The maximum Gasteiger partial charge on any atom is 0.118 e. The first-order chi connectivity index (χ1) is 3.31. The molecule has 0 spiro atoms. The number of rotatable bonds is 2. The summed E-state index contributed by atoms with van der Waals surface area (Å²) in [5.41, 5.74) is 0. The molecule has 1 nitrogen and oxygen atoms in total. The van der Waals surface area contributed by atoms with Crippen molar-refractivity contribution in [2.24, 2.45) is 4.99 Å². The maximum absolute atomic E-state index is 11.9. The summed E-state index contributed by atoms with van der Waals surface area (Å²) >= 11 is 0. The molecule has 0 unspecified atom stereocenters. The maximum atomic E-state index is 11.9. The number of nitrogens with zero attached hydrogens (tertiary/aromatic N) is 1. The van der Waals surface area contributed by atoms with E-state index in [1.165, 1.54) is 0 Å². The van der Waals surface area contributed by atoms with Gasteiger partial charge >= 0.3 is 0 Å². The number of hydrogen-bond acceptors (Lipinski definition) is 1. The van der Waals surface area contributed by atoms with Crippen molar-refractivity contribution in [1.29, 1.82) is 0 Å². The van der Waals surface area contributed by atoms with E-state index in [1.807, 2.05) is 0 Å². The van der Waals surface area contributed by atoms with E-state index in [0.717, 1.165) is 6.20 Å². The van der Waals surface area contributed by atoms with Crippen molar-refractivity contribution in [3.8, 4) is 0 Å². The summed E-state index contributed by atoms with van der Waals surface area (Å²) in [6.07, 6.45) is 1.51. The van der Waals surface area contributed by atoms with Gasteiger partial charge in [0.2, 0.25) is 0 Å². The molecule has 0 heterocycles. The standard InChI is InChI=1S/C5H8FN/c1-3-5(6)4-7-2/h4H,2-3H2,1H3/b5-4+. The van der Waals surface area contributed by atoms with Crippen molar-refractivity contribution in [3.05, 3.63) is 12.0 Å². The Morgan fingerprint density at radius 1 is 2.00 bits per heavy atom. The Kier molecular flexibility index (Phi) is 3.19. The third-order valence-electron chi connectivity index (χ3n) is 0.569. The van der Waals surface area contributed by atoms with E-state index < -0.39 is 0 Å². The summed E-state index contributed by atoms with van der Waals surface area (Å²) in [6.45, 7) is 4.80. The summed E-state index contributed by atoms with van der Waals surface area (Å²) in [5, 5.41) is 0. The van der Waals surface area contributed by atoms with Gasteiger partial charge in [-0.3, -0.25) is 4.99 Å². The van der Waals surface area contributed by atoms with Crippen LogP contribution in [0.15, 0.2) is 17.0 Å². The van der Waals surface area contributed by atoms with Gasteiger partial charge in [0, 0.05) is 0 Å². The Balaban J connectivity index is 3.49. The Morgan fingerprint density at radius 2 is 2.57 bits per heavy atom. The molecule has 2 heteroatoms. The highest BCUT2D eigenvalue weighted by Crippen LogP contribution is 1.99. The first kappa shape index (κ1) is 6.34. The molecule has 0 aliphatic rings. The van der Waals surface area contributed by atoms with Crippen molar-refractivity contribution in [2.45, 2.75) is 13.3 Å². The lowest BCUT2D eigenvalue weighted by Crippen LogP contribution is -1.62. The van der Waals surface area contributed by atoms with Crippen molar-refractivity contribution in [3.63, 3.8) is 0 Å². The lowest BCUT2D eigenvalue weighted by atomic mass is 10.4. The molecule has 0 aromatic heterocycles. The molecule has 0 amide bonds. The average Bonchev–Trinajstić information content (AvgIpc) is 1.68. The molecule has 7 heavy (non-hydrogen) atoms. The van der Waals surface area contributed by atoms with Crippen molar-refractivity contribution in [1.82, 2.24) is 0 Å². The zero-order valence-electron chi connectivity index (χ0n) is 4.32. The second-order valence-corrected chi connectivity index (χ2v) is 1.11. The van der Waals surface area contributed by atoms with Crippen LogP contribution in [-0.2, 0) is 0 Å². The minimum absolute atomic E-state index is 0.227. The van der Waals surface area contributed by atoms with Crippen molar-refractivity contribution in [2.75, 3.05) is 0 Å². The quantitative estimate of drug-likeness (QED) is 0.471. The van der Waals surface area contributed by atoms with Gasteiger partial charge < -0.3 is 0 Å². The van der Waals surface area contributed by atoms with E-state index in [2.05, 4.69) is 11.7 Å². The largest absolute Gasteiger partial charge is 0.270 e. The normalized spacial score (nSPS) is 11.4. The van der Waals surface area contributed by atoms with Crippen LogP contribution >= 0.6 is 0 Å². The number of halogens is 1. The first-order valence-corrected chi connectivity index (χ1v) is 2.11. The molecule has 0 saturated heterocycles. The second kappa shape index (κ2) is 3.53. The lowest BCUT2D eigenvalue weighted by molar-refractivity contribution is 0.601. The third-order valence-corrected chi connectivity index (χ3v) is 0.569. The predicted molar refractivity (Wildman–Crippen MR) is 29.0 cm³/mol. The number of aliphatic imine (C=N–C) groups is 1. The Morgan fingerprint density at radius 3 is 2.71 bits per heavy atom. The molecule has 0 saturated carbocycles. The van der Waals surface area contributed by atoms with Crippen LogP contribution in [0.4, 0.5) is 4.39 Å². The summed E-state index contributed by atoms with van der Waals surface area (Å²) in [7, 11) is 0. The summed E-state index contributed by atoms with van der Waals surface area (Å²) in [6, 6.07) is 0. The highest BCUT2D eigenvalue weighted by molar-refractivity contribution is 5.25. The monoisotopic (exact) mass is 101 g/mol. The molecule has 0 bridgehead atoms. The van der Waals surface area contributed by atoms with Crippen LogP contribution in [0.3, 0.4) is 0 Å². The van der Waals surface area contributed by atoms with E-state index in [4.69, 9.17) is 0 Å². The number of allylic oxidation sites excluding steroid dienone is 1. The smallest absolute Gasteiger partial charge is 0.118 e. The van der Waals surface area contributed by atoms with Gasteiger partial charge in [-0.25, -0.2) is 4.39 Å². The molecule has 0 radical (unpaired) electrons. The topological polar surface area (TPSA) is 12.4 Å². The minimum Gasteiger partial charge on any atom is -0.270 e. The van der Waals surface area contributed by atoms with Crippen molar-refractivity contribution >= 4 is 6.72 Å². The molecular weight excluding hydrogens is 93.1 g/mol. The molecule has 0 atom stereocenters. The SMILES string of the molecule is C=N/C=C(/F)CC. The van der Waals surface area contributed by atoms with Gasteiger partial charge in [0.1, 0.15) is 5.83 Å². The summed E-state index contributed by atoms with van der Waals surface area (Å²) in [4.78, 5) is 3.22. The highest BCUT2D eigenvalue weighted by atomic mass is 19.1. The van der Waals surface area contributed by atoms with Crippen molar-refractivity contribution < 1.29 is 4.39 Å². The molecule has 0 aromatic carbocycles. The zero-order chi connectivity index (χ0) is 5.70. The van der Waals surface area contributed by atoms with E-state index in [-0.39, 0.29) is 5.83 Å². The van der Waals surface area contributed by atoms with E-state index in [1.54, 1.807) is 6.92 Å². The van der Waals surface area contributed by atoms with E-state index in [9.17, 15) is 4.39 Å². The summed E-state index contributed by atoms with van der Waals surface area (Å²) < 4.78 is 11.9. The minimum atomic E-state index is -0.227. The van der Waals surface area contributed by atoms with Crippen LogP contribution in [0.2, 0.25) is 0 Å². The van der Waals surface area contributed by atoms with Crippen LogP contribution in [-0.4, -0.2) is 6.72 Å². The Hall–Kier alpha value is -0.660. The van der Waals surface area contributed by atoms with E-state index in [0.29, 0.717) is 6.42 Å². The average molecular weight is 101 g/mol. The van der Waals surface area contributed by atoms with Crippen LogP contribution < -0.4 is 0 Å². The zero-order valence-corrected chi connectivity index (χ0v) is 4.32. The highest BCUT2D eigenvalue weighted by Gasteiger charge is 1.81. The van der Waals surface area contributed by atoms with Crippen LogP contribution in [0.1, 0.15) is 13.3 Å². The van der Waals surface area contributed by atoms with E-state index >= 15 is 0 Å². The molecule has 0 N–H and O–H groups in total. The molecule has 40 valence electrons. The molecule has 0 aliphatic carbocycles. The molecule has 0 rings (SSSR count). The fraction of sp³-hybridized carbons (Fsp3) is 0.400. The molecule has 0 aliphatic heterocycles. The summed E-state index contributed by atoms with van der Waals surface area (Å²) in [5.74, 6) is -0.227. The molecule has 0 aromatic rings. The van der Waals surface area contributed by atoms with Crippen LogP contribution in [0.5, 0.6) is 0 Å². The van der Waals surface area contributed by atoms with Gasteiger partial charge in [-0.15, -0.1) is 0 Å². The predicted octanol–water partition coefficient (Wildman–Crippen LogP) is 1.91. The fourth-order valence-corrected chi connectivity index (χ4v) is 0.190. The van der Waals surface area contributed by atoms with Gasteiger partial charge in [-0.2, -0.15) is 0 Å². The van der Waals surface area contributed by atoms with Crippen LogP contribution in [0, 0.1) is 0 Å². The Bertz CT molecular complexity index is 86.1. The fourth-order valence-electron chi connectivity index (χ4n) is 0.190. The number of hydrogen-bond donors (Lipinski definition) is 0. The first-order valence-electron chi connectivity index (χ1n) is 2.11.